The van der Waals surface area contributed by atoms with Crippen molar-refractivity contribution in [3.63, 3.8) is 0 Å². The van der Waals surface area contributed by atoms with Crippen molar-refractivity contribution < 1.29 is 14.3 Å². The molecule has 1 aromatic heterocycles. The molecule has 6 heteroatoms. The molecule has 0 saturated heterocycles. The Bertz CT molecular complexity index is 438. The maximum absolute atomic E-state index is 11.7. The Hall–Kier alpha value is -1.56. The molecule has 20 heavy (non-hydrogen) atoms. The molecule has 1 aromatic rings. The number of carbonyl (C=O) groups is 2. The summed E-state index contributed by atoms with van der Waals surface area (Å²) in [5.41, 5.74) is 0.543. The maximum Gasteiger partial charge on any atom is 0.407 e. The second kappa shape index (κ2) is 7.28. The summed E-state index contributed by atoms with van der Waals surface area (Å²) >= 11 is 1.59. The Balaban J connectivity index is 2.25. The van der Waals surface area contributed by atoms with Gasteiger partial charge in [0.25, 0.3) is 0 Å². The molecule has 0 unspecified atom stereocenters. The van der Waals surface area contributed by atoms with E-state index in [0.29, 0.717) is 6.54 Å². The van der Waals surface area contributed by atoms with E-state index in [1.807, 2.05) is 16.8 Å². The van der Waals surface area contributed by atoms with Gasteiger partial charge in [0.15, 0.2) is 0 Å². The van der Waals surface area contributed by atoms with Crippen LogP contribution in [0.15, 0.2) is 16.8 Å². The van der Waals surface area contributed by atoms with Crippen LogP contribution in [0.3, 0.4) is 0 Å². The first-order chi connectivity index (χ1) is 9.26. The van der Waals surface area contributed by atoms with Gasteiger partial charge in [-0.05, 0) is 50.1 Å². The van der Waals surface area contributed by atoms with E-state index in [9.17, 15) is 9.59 Å². The van der Waals surface area contributed by atoms with E-state index in [-0.39, 0.29) is 18.4 Å². The third-order valence-corrected chi connectivity index (χ3v) is 3.06. The lowest BCUT2D eigenvalue weighted by molar-refractivity contribution is -0.121. The Kier molecular flexibility index (Phi) is 6.01. The molecule has 0 spiro atoms. The highest BCUT2D eigenvalue weighted by Gasteiger charge is 2.18. The van der Waals surface area contributed by atoms with Crippen LogP contribution in [0.5, 0.6) is 0 Å². The van der Waals surface area contributed by atoms with Crippen molar-refractivity contribution in [3.8, 4) is 0 Å². The first kappa shape index (κ1) is 16.5. The van der Waals surface area contributed by atoms with Gasteiger partial charge >= 0.3 is 6.09 Å². The summed E-state index contributed by atoms with van der Waals surface area (Å²) in [5, 5.41) is 9.41. The minimum Gasteiger partial charge on any atom is -0.444 e. The van der Waals surface area contributed by atoms with E-state index >= 15 is 0 Å². The highest BCUT2D eigenvalue weighted by Crippen LogP contribution is 2.07. The number of hydrogen-bond acceptors (Lipinski definition) is 4. The molecule has 2 N–H and O–H groups in total. The SMILES string of the molecule is C[C@H](CC(=O)NCc1ccsc1)NC(=O)OC(C)(C)C. The molecule has 112 valence electrons. The standard InChI is InChI=1S/C14H22N2O3S/c1-10(16-13(18)19-14(2,3)4)7-12(17)15-8-11-5-6-20-9-11/h5-6,9-10H,7-8H2,1-4H3,(H,15,17)(H,16,18)/t10-/m1/s1. The molecule has 0 aliphatic carbocycles. The van der Waals surface area contributed by atoms with Crippen LogP contribution < -0.4 is 10.6 Å². The highest BCUT2D eigenvalue weighted by molar-refractivity contribution is 7.07. The van der Waals surface area contributed by atoms with Crippen LogP contribution in [0.25, 0.3) is 0 Å². The number of nitrogens with one attached hydrogen (secondary N) is 2. The molecule has 2 amide bonds. The maximum atomic E-state index is 11.7. The van der Waals surface area contributed by atoms with Gasteiger partial charge in [0.2, 0.25) is 5.91 Å². The van der Waals surface area contributed by atoms with Crippen molar-refractivity contribution in [1.82, 2.24) is 10.6 Å². The number of rotatable bonds is 5. The fourth-order valence-corrected chi connectivity index (χ4v) is 2.17. The molecular formula is C14H22N2O3S. The first-order valence-electron chi connectivity index (χ1n) is 6.53. The fourth-order valence-electron chi connectivity index (χ4n) is 1.50. The van der Waals surface area contributed by atoms with E-state index in [2.05, 4.69) is 10.6 Å². The number of carbonyl (C=O) groups excluding carboxylic acids is 2. The van der Waals surface area contributed by atoms with Crippen molar-refractivity contribution in [3.05, 3.63) is 22.4 Å². The molecule has 0 aliphatic heterocycles. The second-order valence-electron chi connectivity index (χ2n) is 5.66. The molecule has 0 bridgehead atoms. The van der Waals surface area contributed by atoms with Crippen LogP contribution >= 0.6 is 11.3 Å². The predicted molar refractivity (Wildman–Crippen MR) is 79.6 cm³/mol. The molecule has 5 nitrogen and oxygen atoms in total. The van der Waals surface area contributed by atoms with E-state index in [1.165, 1.54) is 0 Å². The monoisotopic (exact) mass is 298 g/mol. The molecule has 0 aliphatic rings. The van der Waals surface area contributed by atoms with Crippen molar-refractivity contribution >= 4 is 23.3 Å². The fraction of sp³-hybridized carbons (Fsp3) is 0.571. The van der Waals surface area contributed by atoms with E-state index < -0.39 is 11.7 Å². The van der Waals surface area contributed by atoms with Gasteiger partial charge in [-0.2, -0.15) is 11.3 Å². The second-order valence-corrected chi connectivity index (χ2v) is 6.44. The Morgan fingerprint density at radius 3 is 2.65 bits per heavy atom. The zero-order valence-electron chi connectivity index (χ0n) is 12.4. The number of thiophene rings is 1. The van der Waals surface area contributed by atoms with Crippen molar-refractivity contribution in [2.45, 2.75) is 52.3 Å². The Morgan fingerprint density at radius 2 is 2.10 bits per heavy atom. The van der Waals surface area contributed by atoms with Crippen molar-refractivity contribution in [2.75, 3.05) is 0 Å². The Morgan fingerprint density at radius 1 is 1.40 bits per heavy atom. The number of ether oxygens (including phenoxy) is 1. The molecule has 0 aromatic carbocycles. The summed E-state index contributed by atoms with van der Waals surface area (Å²) in [6.45, 7) is 7.68. The van der Waals surface area contributed by atoms with Gasteiger partial charge in [0, 0.05) is 19.0 Å². The van der Waals surface area contributed by atoms with E-state index in [0.717, 1.165) is 5.56 Å². The number of amides is 2. The minimum atomic E-state index is -0.537. The average Bonchev–Trinajstić information content (AvgIpc) is 2.75. The smallest absolute Gasteiger partial charge is 0.407 e. The molecule has 0 saturated carbocycles. The summed E-state index contributed by atoms with van der Waals surface area (Å²) in [6.07, 6.45) is -0.278. The third-order valence-electron chi connectivity index (χ3n) is 2.32. The molecule has 0 radical (unpaired) electrons. The molecular weight excluding hydrogens is 276 g/mol. The van der Waals surface area contributed by atoms with Gasteiger partial charge in [0.1, 0.15) is 5.60 Å². The van der Waals surface area contributed by atoms with Gasteiger partial charge in [0.05, 0.1) is 0 Å². The minimum absolute atomic E-state index is 0.0974. The van der Waals surface area contributed by atoms with Gasteiger partial charge < -0.3 is 15.4 Å². The normalized spacial score (nSPS) is 12.6. The van der Waals surface area contributed by atoms with Crippen molar-refractivity contribution in [2.24, 2.45) is 0 Å². The Labute approximate surface area is 123 Å². The molecule has 0 fully saturated rings. The van der Waals surface area contributed by atoms with Gasteiger partial charge in [-0.25, -0.2) is 4.79 Å². The van der Waals surface area contributed by atoms with E-state index in [4.69, 9.17) is 4.74 Å². The van der Waals surface area contributed by atoms with Crippen LogP contribution in [0.2, 0.25) is 0 Å². The van der Waals surface area contributed by atoms with Gasteiger partial charge in [-0.15, -0.1) is 0 Å². The van der Waals surface area contributed by atoms with Crippen LogP contribution in [0, 0.1) is 0 Å². The summed E-state index contributed by atoms with van der Waals surface area (Å²) in [7, 11) is 0. The molecule has 1 heterocycles. The predicted octanol–water partition coefficient (Wildman–Crippen LogP) is 2.67. The first-order valence-corrected chi connectivity index (χ1v) is 7.48. The quantitative estimate of drug-likeness (QED) is 0.878. The average molecular weight is 298 g/mol. The largest absolute Gasteiger partial charge is 0.444 e. The van der Waals surface area contributed by atoms with E-state index in [1.54, 1.807) is 39.0 Å². The van der Waals surface area contributed by atoms with Crippen LogP contribution in [-0.2, 0) is 16.1 Å². The highest BCUT2D eigenvalue weighted by atomic mass is 32.1. The lowest BCUT2D eigenvalue weighted by Crippen LogP contribution is -2.40. The van der Waals surface area contributed by atoms with Crippen molar-refractivity contribution in [1.29, 1.82) is 0 Å². The zero-order chi connectivity index (χ0) is 15.2. The molecule has 1 rings (SSSR count). The van der Waals surface area contributed by atoms with Gasteiger partial charge in [-0.3, -0.25) is 4.79 Å². The summed E-state index contributed by atoms with van der Waals surface area (Å²) < 4.78 is 5.13. The lowest BCUT2D eigenvalue weighted by Gasteiger charge is -2.21. The number of hydrogen-bond donors (Lipinski definition) is 2. The lowest BCUT2D eigenvalue weighted by atomic mass is 10.2. The summed E-state index contributed by atoms with van der Waals surface area (Å²) in [5.74, 6) is -0.0974. The van der Waals surface area contributed by atoms with Crippen LogP contribution in [-0.4, -0.2) is 23.6 Å². The number of alkyl carbamates (subject to hydrolysis) is 1. The van der Waals surface area contributed by atoms with Crippen LogP contribution in [0.4, 0.5) is 4.79 Å². The zero-order valence-corrected chi connectivity index (χ0v) is 13.2. The summed E-state index contributed by atoms with van der Waals surface area (Å²) in [6, 6.07) is 1.69. The van der Waals surface area contributed by atoms with Gasteiger partial charge in [-0.1, -0.05) is 0 Å². The third kappa shape index (κ3) is 7.13. The summed E-state index contributed by atoms with van der Waals surface area (Å²) in [4.78, 5) is 23.2. The van der Waals surface area contributed by atoms with Crippen LogP contribution in [0.1, 0.15) is 39.7 Å². The molecule has 1 atom stereocenters. The topological polar surface area (TPSA) is 67.4 Å².